The van der Waals surface area contributed by atoms with Gasteiger partial charge in [0.1, 0.15) is 0 Å². The van der Waals surface area contributed by atoms with Crippen LogP contribution in [0.25, 0.3) is 10.6 Å². The lowest BCUT2D eigenvalue weighted by Gasteiger charge is -2.15. The molecule has 0 saturated heterocycles. The zero-order valence-corrected chi connectivity index (χ0v) is 17.7. The average Bonchev–Trinajstić information content (AvgIpc) is 3.27. The summed E-state index contributed by atoms with van der Waals surface area (Å²) < 4.78 is 79.1. The van der Waals surface area contributed by atoms with Crippen molar-refractivity contribution >= 4 is 34.0 Å². The minimum absolute atomic E-state index is 0.0409. The van der Waals surface area contributed by atoms with Crippen LogP contribution in [0.3, 0.4) is 0 Å². The van der Waals surface area contributed by atoms with Crippen molar-refractivity contribution in [1.82, 2.24) is 15.0 Å². The minimum Gasteiger partial charge on any atom is -0.326 e. The molecular formula is C19H17F6N5OS. The van der Waals surface area contributed by atoms with E-state index in [-0.39, 0.29) is 27.3 Å². The van der Waals surface area contributed by atoms with E-state index in [4.69, 9.17) is 0 Å². The van der Waals surface area contributed by atoms with Gasteiger partial charge in [-0.1, -0.05) is 38.2 Å². The summed E-state index contributed by atoms with van der Waals surface area (Å²) in [6.07, 6.45) is -8.27. The zero-order valence-electron chi connectivity index (χ0n) is 16.9. The minimum atomic E-state index is -4.81. The summed E-state index contributed by atoms with van der Waals surface area (Å²) >= 11 is 0.599. The number of rotatable bonds is 4. The Balaban J connectivity index is 1.90. The molecule has 0 aliphatic heterocycles. The number of carbonyl (C=O) groups excluding carboxylic acids is 1. The second kappa shape index (κ2) is 8.11. The van der Waals surface area contributed by atoms with Crippen molar-refractivity contribution in [3.05, 3.63) is 41.7 Å². The van der Waals surface area contributed by atoms with Crippen LogP contribution in [-0.4, -0.2) is 20.9 Å². The van der Waals surface area contributed by atoms with Gasteiger partial charge in [-0.25, -0.2) is 9.97 Å². The predicted molar refractivity (Wildman–Crippen MR) is 108 cm³/mol. The summed E-state index contributed by atoms with van der Waals surface area (Å²) in [5.41, 5.74) is -2.99. The molecule has 6 nitrogen and oxygen atoms in total. The number of hydrogen-bond acceptors (Lipinski definition) is 5. The van der Waals surface area contributed by atoms with Crippen LogP contribution in [0.5, 0.6) is 0 Å². The molecule has 1 aromatic carbocycles. The molecule has 0 unspecified atom stereocenters. The molecule has 13 heteroatoms. The summed E-state index contributed by atoms with van der Waals surface area (Å²) in [6, 6.07) is 4.27. The monoisotopic (exact) mass is 477 g/mol. The quantitative estimate of drug-likeness (QED) is 0.385. The second-order valence-electron chi connectivity index (χ2n) is 7.75. The van der Waals surface area contributed by atoms with E-state index in [9.17, 15) is 31.1 Å². The van der Waals surface area contributed by atoms with Gasteiger partial charge in [0.25, 0.3) is 0 Å². The maximum Gasteiger partial charge on any atom is 0.434 e. The molecule has 0 atom stereocenters. The Kier molecular flexibility index (Phi) is 5.98. The molecule has 3 rings (SSSR count). The van der Waals surface area contributed by atoms with E-state index < -0.39 is 34.9 Å². The molecule has 1 amide bonds. The summed E-state index contributed by atoms with van der Waals surface area (Å²) in [5, 5.41) is 4.71. The molecule has 0 aliphatic carbocycles. The van der Waals surface area contributed by atoms with E-state index in [1.165, 1.54) is 12.1 Å². The Hall–Kier alpha value is -3.09. The zero-order chi connectivity index (χ0) is 23.9. The lowest BCUT2D eigenvalue weighted by Crippen LogP contribution is -2.27. The van der Waals surface area contributed by atoms with Crippen molar-refractivity contribution < 1.29 is 31.1 Å². The van der Waals surface area contributed by atoms with Crippen LogP contribution in [0.1, 0.15) is 32.0 Å². The predicted octanol–water partition coefficient (Wildman–Crippen LogP) is 6.30. The molecule has 0 bridgehead atoms. The number of nitrogens with zero attached hydrogens (tertiary/aromatic N) is 2. The number of thiazole rings is 1. The fourth-order valence-corrected chi connectivity index (χ4v) is 3.39. The van der Waals surface area contributed by atoms with Gasteiger partial charge in [0, 0.05) is 11.1 Å². The molecule has 32 heavy (non-hydrogen) atoms. The molecule has 0 aliphatic rings. The number of carbonyl (C=O) groups is 1. The number of aromatic amines is 1. The first-order valence-corrected chi connectivity index (χ1v) is 9.85. The first kappa shape index (κ1) is 23.6. The van der Waals surface area contributed by atoms with Gasteiger partial charge in [-0.05, 0) is 18.2 Å². The Labute approximate surface area is 182 Å². The Bertz CT molecular complexity index is 1130. The van der Waals surface area contributed by atoms with Crippen LogP contribution < -0.4 is 10.6 Å². The standard InChI is InChI=1S/C19H17F6N5OS/c1-17(2,3)14(31)30-16-29-13(19(23,24)25)12(32-16)11-8-26-15(28-11)27-10-6-4-5-9(7-10)18(20,21)22/h4-8H,1-3H3,(H2,26,27,28)(H,29,30,31). The molecule has 3 aromatic rings. The van der Waals surface area contributed by atoms with Crippen LogP contribution in [-0.2, 0) is 17.1 Å². The fourth-order valence-electron chi connectivity index (χ4n) is 2.44. The lowest BCUT2D eigenvalue weighted by molar-refractivity contribution is -0.140. The van der Waals surface area contributed by atoms with E-state index in [1.807, 2.05) is 0 Å². The number of halogens is 6. The number of alkyl halides is 6. The summed E-state index contributed by atoms with van der Waals surface area (Å²) in [7, 11) is 0. The number of hydrogen-bond donors (Lipinski definition) is 3. The van der Waals surface area contributed by atoms with Crippen molar-refractivity contribution in [3.63, 3.8) is 0 Å². The van der Waals surface area contributed by atoms with Gasteiger partial charge in [-0.15, -0.1) is 0 Å². The molecule has 0 spiro atoms. The van der Waals surface area contributed by atoms with E-state index in [0.29, 0.717) is 11.3 Å². The number of amides is 1. The molecule has 0 radical (unpaired) electrons. The normalized spacial score (nSPS) is 12.7. The number of nitrogens with one attached hydrogen (secondary N) is 3. The average molecular weight is 477 g/mol. The molecule has 172 valence electrons. The van der Waals surface area contributed by atoms with Gasteiger partial charge in [0.2, 0.25) is 11.9 Å². The maximum atomic E-state index is 13.5. The third kappa shape index (κ3) is 5.39. The SMILES string of the molecule is CC(C)(C)C(=O)Nc1nc(C(F)(F)F)c(-c2cnc(Nc3cccc(C(F)(F)F)c3)[nH]2)s1. The van der Waals surface area contributed by atoms with Gasteiger partial charge in [0.05, 0.1) is 22.3 Å². The van der Waals surface area contributed by atoms with Gasteiger partial charge >= 0.3 is 12.4 Å². The molecule has 2 heterocycles. The number of anilines is 3. The third-order valence-corrected chi connectivity index (χ3v) is 5.07. The fraction of sp³-hybridized carbons (Fsp3) is 0.316. The van der Waals surface area contributed by atoms with Crippen molar-refractivity contribution in [2.45, 2.75) is 33.1 Å². The van der Waals surface area contributed by atoms with E-state index in [1.54, 1.807) is 20.8 Å². The first-order valence-electron chi connectivity index (χ1n) is 9.04. The maximum absolute atomic E-state index is 13.5. The second-order valence-corrected chi connectivity index (χ2v) is 8.75. The molecule has 0 fully saturated rings. The van der Waals surface area contributed by atoms with Crippen molar-refractivity contribution in [3.8, 4) is 10.6 Å². The Morgan fingerprint density at radius 1 is 1.06 bits per heavy atom. The van der Waals surface area contributed by atoms with Gasteiger partial charge in [-0.3, -0.25) is 4.79 Å². The third-order valence-electron chi connectivity index (χ3n) is 4.07. The van der Waals surface area contributed by atoms with Crippen molar-refractivity contribution in [2.75, 3.05) is 10.6 Å². The van der Waals surface area contributed by atoms with Gasteiger partial charge in [-0.2, -0.15) is 26.3 Å². The topological polar surface area (TPSA) is 82.7 Å². The van der Waals surface area contributed by atoms with Crippen LogP contribution >= 0.6 is 11.3 Å². The smallest absolute Gasteiger partial charge is 0.326 e. The highest BCUT2D eigenvalue weighted by molar-refractivity contribution is 7.19. The lowest BCUT2D eigenvalue weighted by atomic mass is 9.96. The van der Waals surface area contributed by atoms with E-state index in [2.05, 4.69) is 25.6 Å². The van der Waals surface area contributed by atoms with Crippen LogP contribution in [0.2, 0.25) is 0 Å². The first-order chi connectivity index (χ1) is 14.6. The molecular weight excluding hydrogens is 460 g/mol. The molecule has 3 N–H and O–H groups in total. The van der Waals surface area contributed by atoms with Crippen LogP contribution in [0.4, 0.5) is 43.1 Å². The van der Waals surface area contributed by atoms with E-state index >= 15 is 0 Å². The largest absolute Gasteiger partial charge is 0.434 e. The summed E-state index contributed by atoms with van der Waals surface area (Å²) in [6.45, 7) is 4.80. The number of aromatic nitrogens is 3. The Morgan fingerprint density at radius 2 is 1.75 bits per heavy atom. The number of imidazole rings is 1. The highest BCUT2D eigenvalue weighted by atomic mass is 32.1. The van der Waals surface area contributed by atoms with Crippen LogP contribution in [0.15, 0.2) is 30.5 Å². The molecule has 0 saturated carbocycles. The van der Waals surface area contributed by atoms with Crippen LogP contribution in [0, 0.1) is 5.41 Å². The van der Waals surface area contributed by atoms with Gasteiger partial charge in [0.15, 0.2) is 10.8 Å². The highest BCUT2D eigenvalue weighted by Gasteiger charge is 2.39. The number of benzene rings is 1. The van der Waals surface area contributed by atoms with Crippen molar-refractivity contribution in [1.29, 1.82) is 0 Å². The highest BCUT2D eigenvalue weighted by Crippen LogP contribution is 2.42. The Morgan fingerprint density at radius 3 is 2.34 bits per heavy atom. The van der Waals surface area contributed by atoms with Crippen molar-refractivity contribution in [2.24, 2.45) is 5.41 Å². The van der Waals surface area contributed by atoms with Gasteiger partial charge < -0.3 is 15.6 Å². The number of H-pyrrole nitrogens is 1. The molecule has 2 aromatic heterocycles. The summed E-state index contributed by atoms with van der Waals surface area (Å²) in [5.74, 6) is -0.579. The van der Waals surface area contributed by atoms with E-state index in [0.717, 1.165) is 18.3 Å². The summed E-state index contributed by atoms with van der Waals surface area (Å²) in [4.78, 5) is 21.8.